The third-order valence-electron chi connectivity index (χ3n) is 4.14. The molecule has 138 valence electrons. The highest BCUT2D eigenvalue weighted by Gasteiger charge is 2.10. The van der Waals surface area contributed by atoms with Crippen molar-refractivity contribution in [1.82, 2.24) is 0 Å². The molecule has 0 aliphatic heterocycles. The molecule has 0 amide bonds. The van der Waals surface area contributed by atoms with Crippen molar-refractivity contribution >= 4 is 17.6 Å². The Morgan fingerprint density at radius 2 is 1.85 bits per heavy atom. The van der Waals surface area contributed by atoms with E-state index in [0.29, 0.717) is 11.1 Å². The number of anilines is 1. The standard InChI is InChI=1S/C19H23N3O4/c1-3-21(4-2)17-10-7-15(18(23)11-17)12-20-13-19(24)14-5-8-16(9-6-14)22(25)26/h5-12,19,23-24H,3-4,13H2,1-2H3/t19-/m0/s1. The minimum Gasteiger partial charge on any atom is -0.507 e. The number of hydrogen-bond acceptors (Lipinski definition) is 6. The summed E-state index contributed by atoms with van der Waals surface area (Å²) in [6.07, 6.45) is 0.639. The highest BCUT2D eigenvalue weighted by Crippen LogP contribution is 2.24. The van der Waals surface area contributed by atoms with E-state index in [0.717, 1.165) is 18.8 Å². The molecule has 0 fully saturated rings. The van der Waals surface area contributed by atoms with Crippen molar-refractivity contribution in [2.45, 2.75) is 20.0 Å². The van der Waals surface area contributed by atoms with Crippen LogP contribution in [0.5, 0.6) is 5.75 Å². The predicted molar refractivity (Wildman–Crippen MR) is 102 cm³/mol. The Bertz CT molecular complexity index is 771. The average Bonchev–Trinajstić information content (AvgIpc) is 2.64. The van der Waals surface area contributed by atoms with Crippen LogP contribution in [-0.2, 0) is 0 Å². The van der Waals surface area contributed by atoms with Gasteiger partial charge < -0.3 is 15.1 Å². The lowest BCUT2D eigenvalue weighted by atomic mass is 10.1. The number of nitro benzene ring substituents is 1. The summed E-state index contributed by atoms with van der Waals surface area (Å²) < 4.78 is 0. The van der Waals surface area contributed by atoms with Crippen molar-refractivity contribution in [2.75, 3.05) is 24.5 Å². The van der Waals surface area contributed by atoms with Gasteiger partial charge in [0.15, 0.2) is 0 Å². The molecule has 1 atom stereocenters. The summed E-state index contributed by atoms with van der Waals surface area (Å²) in [5, 5.41) is 30.9. The van der Waals surface area contributed by atoms with Gasteiger partial charge >= 0.3 is 0 Å². The molecule has 0 aromatic heterocycles. The molecule has 0 aliphatic rings. The zero-order valence-electron chi connectivity index (χ0n) is 14.9. The number of phenolic OH excluding ortho intramolecular Hbond substituents is 1. The Kier molecular flexibility index (Phi) is 6.68. The smallest absolute Gasteiger partial charge is 0.269 e. The molecule has 7 nitrogen and oxygen atoms in total. The molecule has 0 unspecified atom stereocenters. The molecule has 2 aromatic rings. The number of rotatable bonds is 8. The van der Waals surface area contributed by atoms with Gasteiger partial charge in [-0.15, -0.1) is 0 Å². The van der Waals surface area contributed by atoms with Crippen molar-refractivity contribution in [3.05, 3.63) is 63.7 Å². The fourth-order valence-electron chi connectivity index (χ4n) is 2.60. The molecule has 7 heteroatoms. The maximum atomic E-state index is 10.6. The van der Waals surface area contributed by atoms with Gasteiger partial charge in [0.05, 0.1) is 17.6 Å². The predicted octanol–water partition coefficient (Wildman–Crippen LogP) is 3.30. The fraction of sp³-hybridized carbons (Fsp3) is 0.316. The van der Waals surface area contributed by atoms with Crippen molar-refractivity contribution in [2.24, 2.45) is 4.99 Å². The molecule has 2 N–H and O–H groups in total. The van der Waals surface area contributed by atoms with E-state index in [4.69, 9.17) is 0 Å². The van der Waals surface area contributed by atoms with Gasteiger partial charge in [-0.05, 0) is 43.7 Å². The summed E-state index contributed by atoms with van der Waals surface area (Å²) in [5.74, 6) is 0.128. The Morgan fingerprint density at radius 1 is 1.19 bits per heavy atom. The largest absolute Gasteiger partial charge is 0.507 e. The number of benzene rings is 2. The fourth-order valence-corrected chi connectivity index (χ4v) is 2.60. The van der Waals surface area contributed by atoms with E-state index in [-0.39, 0.29) is 18.0 Å². The lowest BCUT2D eigenvalue weighted by Gasteiger charge is -2.21. The maximum absolute atomic E-state index is 10.6. The van der Waals surface area contributed by atoms with E-state index in [1.807, 2.05) is 6.07 Å². The summed E-state index contributed by atoms with van der Waals surface area (Å²) >= 11 is 0. The number of hydrogen-bond donors (Lipinski definition) is 2. The van der Waals surface area contributed by atoms with Crippen LogP contribution in [0, 0.1) is 10.1 Å². The summed E-state index contributed by atoms with van der Waals surface area (Å²) in [6, 6.07) is 11.1. The van der Waals surface area contributed by atoms with E-state index in [1.54, 1.807) is 12.1 Å². The van der Waals surface area contributed by atoms with E-state index < -0.39 is 11.0 Å². The van der Waals surface area contributed by atoms with E-state index in [9.17, 15) is 20.3 Å². The zero-order valence-corrected chi connectivity index (χ0v) is 14.9. The SMILES string of the molecule is CCN(CC)c1ccc(C=NC[C@H](O)c2ccc([N+](=O)[O-])cc2)c(O)c1. The monoisotopic (exact) mass is 357 g/mol. The molecular formula is C19H23N3O4. The number of non-ortho nitro benzene ring substituents is 1. The van der Waals surface area contributed by atoms with Crippen molar-refractivity contribution in [3.8, 4) is 5.75 Å². The van der Waals surface area contributed by atoms with Crippen molar-refractivity contribution in [1.29, 1.82) is 0 Å². The topological polar surface area (TPSA) is 99.2 Å². The van der Waals surface area contributed by atoms with Gasteiger partial charge in [0.25, 0.3) is 5.69 Å². The van der Waals surface area contributed by atoms with Gasteiger partial charge in [0.1, 0.15) is 5.75 Å². The number of aromatic hydroxyl groups is 1. The normalized spacial score (nSPS) is 12.3. The lowest BCUT2D eigenvalue weighted by Crippen LogP contribution is -2.21. The Hall–Kier alpha value is -2.93. The van der Waals surface area contributed by atoms with E-state index in [1.165, 1.54) is 30.5 Å². The first kappa shape index (κ1) is 19.4. The number of aliphatic hydroxyl groups excluding tert-OH is 1. The number of nitro groups is 1. The van der Waals surface area contributed by atoms with Crippen LogP contribution in [0.15, 0.2) is 47.5 Å². The van der Waals surface area contributed by atoms with Crippen molar-refractivity contribution in [3.63, 3.8) is 0 Å². The second-order valence-electron chi connectivity index (χ2n) is 5.77. The van der Waals surface area contributed by atoms with Gasteiger partial charge in [0.2, 0.25) is 0 Å². The van der Waals surface area contributed by atoms with E-state index >= 15 is 0 Å². The summed E-state index contributed by atoms with van der Waals surface area (Å²) in [7, 11) is 0. The lowest BCUT2D eigenvalue weighted by molar-refractivity contribution is -0.384. The molecule has 0 heterocycles. The minimum absolute atomic E-state index is 0.0253. The molecule has 2 aromatic carbocycles. The number of phenols is 1. The molecule has 0 radical (unpaired) electrons. The Morgan fingerprint density at radius 3 is 2.38 bits per heavy atom. The second-order valence-corrected chi connectivity index (χ2v) is 5.77. The first-order chi connectivity index (χ1) is 12.5. The van der Waals surface area contributed by atoms with Crippen LogP contribution >= 0.6 is 0 Å². The van der Waals surface area contributed by atoms with Crippen molar-refractivity contribution < 1.29 is 15.1 Å². The molecular weight excluding hydrogens is 334 g/mol. The molecule has 0 aliphatic carbocycles. The first-order valence-corrected chi connectivity index (χ1v) is 8.46. The van der Waals surface area contributed by atoms with Gasteiger partial charge in [0, 0.05) is 48.8 Å². The summed E-state index contributed by atoms with van der Waals surface area (Å²) in [4.78, 5) is 16.4. The van der Waals surface area contributed by atoms with Crippen LogP contribution < -0.4 is 4.90 Å². The maximum Gasteiger partial charge on any atom is 0.269 e. The van der Waals surface area contributed by atoms with Crippen LogP contribution in [0.2, 0.25) is 0 Å². The average molecular weight is 357 g/mol. The molecule has 26 heavy (non-hydrogen) atoms. The van der Waals surface area contributed by atoms with Crippen LogP contribution in [-0.4, -0.2) is 41.0 Å². The molecule has 0 spiro atoms. The minimum atomic E-state index is -0.871. The number of aliphatic imine (C=N–C) groups is 1. The van der Waals surface area contributed by atoms with Crippen LogP contribution in [0.25, 0.3) is 0 Å². The van der Waals surface area contributed by atoms with Crippen LogP contribution in [0.4, 0.5) is 11.4 Å². The molecule has 0 saturated carbocycles. The molecule has 0 bridgehead atoms. The molecule has 2 rings (SSSR count). The summed E-state index contributed by atoms with van der Waals surface area (Å²) in [5.41, 5.74) is 2.03. The van der Waals surface area contributed by atoms with Gasteiger partial charge in [-0.1, -0.05) is 0 Å². The third kappa shape index (κ3) is 4.80. The zero-order chi connectivity index (χ0) is 19.1. The van der Waals surface area contributed by atoms with Crippen LogP contribution in [0.3, 0.4) is 0 Å². The third-order valence-corrected chi connectivity index (χ3v) is 4.14. The number of nitrogens with zero attached hydrogens (tertiary/aromatic N) is 3. The highest BCUT2D eigenvalue weighted by atomic mass is 16.6. The summed E-state index contributed by atoms with van der Waals surface area (Å²) in [6.45, 7) is 5.90. The Labute approximate surface area is 152 Å². The van der Waals surface area contributed by atoms with Crippen LogP contribution in [0.1, 0.15) is 31.1 Å². The number of aliphatic hydroxyl groups is 1. The van der Waals surface area contributed by atoms with E-state index in [2.05, 4.69) is 23.7 Å². The van der Waals surface area contributed by atoms with Gasteiger partial charge in [-0.3, -0.25) is 15.1 Å². The van der Waals surface area contributed by atoms with Gasteiger partial charge in [-0.25, -0.2) is 0 Å². The quantitative estimate of drug-likeness (QED) is 0.429. The second kappa shape index (κ2) is 8.96. The highest BCUT2D eigenvalue weighted by molar-refractivity contribution is 5.84. The first-order valence-electron chi connectivity index (χ1n) is 8.46. The van der Waals surface area contributed by atoms with Gasteiger partial charge in [-0.2, -0.15) is 0 Å². The molecule has 0 saturated heterocycles. The Balaban J connectivity index is 2.02.